The van der Waals surface area contributed by atoms with E-state index < -0.39 is 12.0 Å². The van der Waals surface area contributed by atoms with Crippen molar-refractivity contribution in [2.24, 2.45) is 0 Å². The van der Waals surface area contributed by atoms with Gasteiger partial charge >= 0.3 is 5.97 Å². The van der Waals surface area contributed by atoms with Crippen LogP contribution >= 0.6 is 0 Å². The number of phenols is 1. The van der Waals surface area contributed by atoms with Crippen molar-refractivity contribution < 1.29 is 24.1 Å². The number of benzene rings is 2. The number of anilines is 1. The lowest BCUT2D eigenvalue weighted by molar-refractivity contribution is -0.139. The maximum Gasteiger partial charge on any atom is 0.338 e. The van der Waals surface area contributed by atoms with Gasteiger partial charge in [0.05, 0.1) is 26.4 Å². The van der Waals surface area contributed by atoms with Crippen LogP contribution in [0.5, 0.6) is 17.2 Å². The largest absolute Gasteiger partial charge is 0.508 e. The second-order valence-electron chi connectivity index (χ2n) is 7.16. The highest BCUT2D eigenvalue weighted by molar-refractivity contribution is 5.92. The molecule has 1 unspecified atom stereocenters. The molecular weight excluding hydrogens is 412 g/mol. The van der Waals surface area contributed by atoms with E-state index in [1.54, 1.807) is 63.1 Å². The first kappa shape index (κ1) is 21.2. The van der Waals surface area contributed by atoms with Gasteiger partial charge in [-0.25, -0.2) is 9.48 Å². The molecule has 4 rings (SSSR count). The number of fused-ring (bicyclic) bond motifs is 1. The Balaban J connectivity index is 1.85. The third-order valence-electron chi connectivity index (χ3n) is 5.18. The lowest BCUT2D eigenvalue weighted by Gasteiger charge is -2.28. The van der Waals surface area contributed by atoms with Crippen LogP contribution in [0.25, 0.3) is 11.4 Å². The topological polar surface area (TPSA) is 108 Å². The molecule has 0 spiro atoms. The number of carbonyl (C=O) groups excluding carboxylic acids is 1. The fourth-order valence-electron chi connectivity index (χ4n) is 3.72. The Bertz CT molecular complexity index is 1200. The highest BCUT2D eigenvalue weighted by Crippen LogP contribution is 2.38. The van der Waals surface area contributed by atoms with Gasteiger partial charge in [0.2, 0.25) is 5.95 Å². The van der Waals surface area contributed by atoms with Crippen molar-refractivity contribution in [3.8, 4) is 28.6 Å². The number of aromatic hydroxyl groups is 1. The molecule has 1 aliphatic heterocycles. The molecule has 0 fully saturated rings. The summed E-state index contributed by atoms with van der Waals surface area (Å²) < 4.78 is 17.6. The van der Waals surface area contributed by atoms with Gasteiger partial charge in [-0.05, 0) is 49.7 Å². The summed E-state index contributed by atoms with van der Waals surface area (Å²) in [4.78, 5) is 17.5. The number of rotatable bonds is 6. The van der Waals surface area contributed by atoms with Gasteiger partial charge in [0.15, 0.2) is 17.3 Å². The standard InChI is InChI=1S/C23H24N4O5/c1-5-32-22(29)19-13(2)24-23-25-21(15-9-10-17(30-3)18(12-15)31-4)26-27(23)20(19)14-7-6-8-16(28)11-14/h6-12,20,28H,5H2,1-4H3,(H,24,25,26). The number of methoxy groups -OCH3 is 2. The Morgan fingerprint density at radius 3 is 2.62 bits per heavy atom. The number of nitrogens with one attached hydrogen (secondary N) is 1. The zero-order valence-electron chi connectivity index (χ0n) is 18.2. The second kappa shape index (κ2) is 8.62. The highest BCUT2D eigenvalue weighted by Gasteiger charge is 2.35. The SMILES string of the molecule is CCOC(=O)C1=C(C)Nc2nc(-c3ccc(OC)c(OC)c3)nn2C1c1cccc(O)c1. The van der Waals surface area contributed by atoms with Crippen molar-refractivity contribution in [3.05, 3.63) is 59.3 Å². The summed E-state index contributed by atoms with van der Waals surface area (Å²) >= 11 is 0. The number of allylic oxidation sites excluding steroid dienone is 1. The Morgan fingerprint density at radius 1 is 1.16 bits per heavy atom. The third-order valence-corrected chi connectivity index (χ3v) is 5.18. The molecule has 0 radical (unpaired) electrons. The molecule has 2 heterocycles. The van der Waals surface area contributed by atoms with Gasteiger partial charge in [-0.15, -0.1) is 5.10 Å². The van der Waals surface area contributed by atoms with E-state index in [-0.39, 0.29) is 12.4 Å². The van der Waals surface area contributed by atoms with Crippen molar-refractivity contribution in [1.82, 2.24) is 14.8 Å². The van der Waals surface area contributed by atoms with Crippen LogP contribution in [0.4, 0.5) is 5.95 Å². The quantitative estimate of drug-likeness (QED) is 0.565. The van der Waals surface area contributed by atoms with Gasteiger partial charge in [0, 0.05) is 11.3 Å². The van der Waals surface area contributed by atoms with Crippen LogP contribution < -0.4 is 14.8 Å². The van der Waals surface area contributed by atoms with E-state index in [1.807, 2.05) is 12.1 Å². The molecule has 0 saturated carbocycles. The van der Waals surface area contributed by atoms with Crippen molar-refractivity contribution in [2.75, 3.05) is 26.1 Å². The molecule has 0 saturated heterocycles. The molecule has 2 N–H and O–H groups in total. The van der Waals surface area contributed by atoms with Gasteiger partial charge < -0.3 is 24.6 Å². The van der Waals surface area contributed by atoms with E-state index >= 15 is 0 Å². The molecule has 1 atom stereocenters. The molecule has 0 amide bonds. The number of nitrogens with zero attached hydrogens (tertiary/aromatic N) is 3. The summed E-state index contributed by atoms with van der Waals surface area (Å²) in [6.07, 6.45) is 0. The van der Waals surface area contributed by atoms with Crippen LogP contribution in [0.2, 0.25) is 0 Å². The van der Waals surface area contributed by atoms with Gasteiger partial charge in [-0.3, -0.25) is 0 Å². The maximum atomic E-state index is 12.8. The van der Waals surface area contributed by atoms with E-state index in [2.05, 4.69) is 15.4 Å². The summed E-state index contributed by atoms with van der Waals surface area (Å²) in [5, 5.41) is 17.9. The van der Waals surface area contributed by atoms with E-state index in [9.17, 15) is 9.90 Å². The normalized spacial score (nSPS) is 15.1. The Hall–Kier alpha value is -4.01. The molecule has 32 heavy (non-hydrogen) atoms. The first-order chi connectivity index (χ1) is 15.5. The maximum absolute atomic E-state index is 12.8. The van der Waals surface area contributed by atoms with Crippen LogP contribution in [0.3, 0.4) is 0 Å². The molecule has 9 heteroatoms. The van der Waals surface area contributed by atoms with Gasteiger partial charge in [0.25, 0.3) is 0 Å². The predicted octanol–water partition coefficient (Wildman–Crippen LogP) is 3.52. The van der Waals surface area contributed by atoms with Crippen LogP contribution in [-0.4, -0.2) is 46.7 Å². The van der Waals surface area contributed by atoms with Crippen molar-refractivity contribution >= 4 is 11.9 Å². The number of phenolic OH excluding ortho intramolecular Hbond substituents is 1. The number of hydrogen-bond donors (Lipinski definition) is 2. The van der Waals surface area contributed by atoms with Crippen molar-refractivity contribution in [1.29, 1.82) is 0 Å². The number of hydrogen-bond acceptors (Lipinski definition) is 8. The highest BCUT2D eigenvalue weighted by atomic mass is 16.5. The van der Waals surface area contributed by atoms with Crippen LogP contribution in [0.15, 0.2) is 53.7 Å². The predicted molar refractivity (Wildman–Crippen MR) is 118 cm³/mol. The van der Waals surface area contributed by atoms with E-state index in [1.165, 1.54) is 0 Å². The monoisotopic (exact) mass is 436 g/mol. The van der Waals surface area contributed by atoms with Crippen molar-refractivity contribution in [2.45, 2.75) is 19.9 Å². The summed E-state index contributed by atoms with van der Waals surface area (Å²) in [5.74, 6) is 1.68. The smallest absolute Gasteiger partial charge is 0.338 e. The first-order valence-corrected chi connectivity index (χ1v) is 10.1. The van der Waals surface area contributed by atoms with Crippen molar-refractivity contribution in [3.63, 3.8) is 0 Å². The molecular formula is C23H24N4O5. The minimum absolute atomic E-state index is 0.0867. The molecule has 2 aromatic carbocycles. The van der Waals surface area contributed by atoms with Gasteiger partial charge in [-0.2, -0.15) is 4.98 Å². The lowest BCUT2D eigenvalue weighted by Crippen LogP contribution is -2.29. The minimum Gasteiger partial charge on any atom is -0.508 e. The van der Waals surface area contributed by atoms with E-state index in [0.29, 0.717) is 40.1 Å². The Kier molecular flexibility index (Phi) is 5.72. The van der Waals surface area contributed by atoms with Crippen LogP contribution in [0.1, 0.15) is 25.5 Å². The van der Waals surface area contributed by atoms with Crippen LogP contribution in [0, 0.1) is 0 Å². The fraction of sp³-hybridized carbons (Fsp3) is 0.261. The summed E-state index contributed by atoms with van der Waals surface area (Å²) in [6, 6.07) is 11.5. The second-order valence-corrected chi connectivity index (χ2v) is 7.16. The fourth-order valence-corrected chi connectivity index (χ4v) is 3.72. The number of carbonyl (C=O) groups is 1. The Morgan fingerprint density at radius 2 is 1.94 bits per heavy atom. The Labute approximate surface area is 185 Å². The molecule has 1 aliphatic rings. The summed E-state index contributed by atoms with van der Waals surface area (Å²) in [7, 11) is 3.13. The summed E-state index contributed by atoms with van der Waals surface area (Å²) in [5.41, 5.74) is 2.40. The molecule has 1 aromatic heterocycles. The average Bonchev–Trinajstić information content (AvgIpc) is 3.21. The van der Waals surface area contributed by atoms with Gasteiger partial charge in [-0.1, -0.05) is 12.1 Å². The van der Waals surface area contributed by atoms with E-state index in [0.717, 1.165) is 5.56 Å². The molecule has 9 nitrogen and oxygen atoms in total. The molecule has 166 valence electrons. The third kappa shape index (κ3) is 3.73. The number of esters is 1. The molecule has 0 bridgehead atoms. The zero-order chi connectivity index (χ0) is 22.8. The zero-order valence-corrected chi connectivity index (χ0v) is 18.2. The molecule has 3 aromatic rings. The van der Waals surface area contributed by atoms with Gasteiger partial charge in [0.1, 0.15) is 11.8 Å². The first-order valence-electron chi connectivity index (χ1n) is 10.1. The van der Waals surface area contributed by atoms with Crippen LogP contribution in [-0.2, 0) is 9.53 Å². The number of ether oxygens (including phenoxy) is 3. The average molecular weight is 436 g/mol. The van der Waals surface area contributed by atoms with E-state index in [4.69, 9.17) is 14.2 Å². The lowest BCUT2D eigenvalue weighted by atomic mass is 9.95. The minimum atomic E-state index is -0.626. The molecule has 0 aliphatic carbocycles. The number of aromatic nitrogens is 3. The summed E-state index contributed by atoms with van der Waals surface area (Å²) in [6.45, 7) is 3.78.